The van der Waals surface area contributed by atoms with Gasteiger partial charge in [0.25, 0.3) is 0 Å². The van der Waals surface area contributed by atoms with E-state index in [1.165, 1.54) is 25.3 Å². The Bertz CT molecular complexity index is 570. The van der Waals surface area contributed by atoms with Gasteiger partial charge in [-0.3, -0.25) is 4.79 Å². The molecule has 1 unspecified atom stereocenters. The number of anilines is 1. The molecule has 0 aromatic carbocycles. The second-order valence-electron chi connectivity index (χ2n) is 6.51. The molecule has 5 nitrogen and oxygen atoms in total. The molecule has 2 aliphatic rings. The molecule has 0 spiro atoms. The van der Waals surface area contributed by atoms with Gasteiger partial charge in [0.1, 0.15) is 6.04 Å². The lowest BCUT2D eigenvalue weighted by Crippen LogP contribution is -2.56. The van der Waals surface area contributed by atoms with E-state index < -0.39 is 11.9 Å². The summed E-state index contributed by atoms with van der Waals surface area (Å²) < 4.78 is 37.9. The minimum absolute atomic E-state index is 0.0754. The average molecular weight is 342 g/mol. The second kappa shape index (κ2) is 6.94. The smallest absolute Gasteiger partial charge is 0.353 e. The van der Waals surface area contributed by atoms with E-state index in [2.05, 4.69) is 15.5 Å². The Balaban J connectivity index is 1.76. The predicted octanol–water partition coefficient (Wildman–Crippen LogP) is 2.77. The maximum absolute atomic E-state index is 12.6. The van der Waals surface area contributed by atoms with E-state index in [9.17, 15) is 18.0 Å². The van der Waals surface area contributed by atoms with E-state index in [0.29, 0.717) is 31.2 Å². The van der Waals surface area contributed by atoms with Gasteiger partial charge in [0.05, 0.1) is 0 Å². The van der Waals surface area contributed by atoms with Crippen LogP contribution in [0.5, 0.6) is 0 Å². The number of nitrogens with one attached hydrogen (secondary N) is 1. The fourth-order valence-corrected chi connectivity index (χ4v) is 3.59. The number of halogens is 3. The zero-order valence-electron chi connectivity index (χ0n) is 13.4. The van der Waals surface area contributed by atoms with Crippen molar-refractivity contribution in [2.75, 3.05) is 18.0 Å². The maximum atomic E-state index is 12.6. The summed E-state index contributed by atoms with van der Waals surface area (Å²) in [5.41, 5.74) is -1.02. The van der Waals surface area contributed by atoms with Crippen LogP contribution in [0.4, 0.5) is 19.0 Å². The summed E-state index contributed by atoms with van der Waals surface area (Å²) in [7, 11) is 0. The lowest BCUT2D eigenvalue weighted by atomic mass is 9.84. The quantitative estimate of drug-likeness (QED) is 0.918. The monoisotopic (exact) mass is 342 g/mol. The highest BCUT2D eigenvalue weighted by molar-refractivity contribution is 5.86. The normalized spacial score (nSPS) is 23.2. The molecular weight excluding hydrogens is 321 g/mol. The van der Waals surface area contributed by atoms with Crippen molar-refractivity contribution in [3.8, 4) is 0 Å². The molecule has 3 rings (SSSR count). The van der Waals surface area contributed by atoms with Crippen molar-refractivity contribution in [3.63, 3.8) is 0 Å². The molecule has 8 heteroatoms. The van der Waals surface area contributed by atoms with Gasteiger partial charge in [0.2, 0.25) is 5.91 Å². The molecule has 1 N–H and O–H groups in total. The Morgan fingerprint density at radius 2 is 1.92 bits per heavy atom. The first-order valence-electron chi connectivity index (χ1n) is 8.40. The van der Waals surface area contributed by atoms with E-state index in [0.717, 1.165) is 18.9 Å². The molecule has 0 bridgehead atoms. The Kier molecular flexibility index (Phi) is 4.91. The minimum atomic E-state index is -4.51. The Labute approximate surface area is 138 Å². The first-order chi connectivity index (χ1) is 11.4. The first kappa shape index (κ1) is 17.0. The van der Waals surface area contributed by atoms with Crippen LogP contribution in [-0.4, -0.2) is 35.2 Å². The number of rotatable bonds is 3. The molecule has 1 atom stereocenters. The van der Waals surface area contributed by atoms with Gasteiger partial charge in [0.15, 0.2) is 11.5 Å². The third-order valence-corrected chi connectivity index (χ3v) is 4.85. The van der Waals surface area contributed by atoms with E-state index in [-0.39, 0.29) is 11.9 Å². The fraction of sp³-hybridized carbons (Fsp3) is 0.688. The third-order valence-electron chi connectivity index (χ3n) is 4.85. The van der Waals surface area contributed by atoms with Gasteiger partial charge >= 0.3 is 6.18 Å². The lowest BCUT2D eigenvalue weighted by molar-refractivity contribution is -0.141. The summed E-state index contributed by atoms with van der Waals surface area (Å²) in [6.07, 6.45) is 2.02. The standard InChI is InChI=1S/C16H21F3N4O/c17-16(18,19)13-6-7-14(22-21-13)23-9-8-20-15(24)12(23)10-11-4-2-1-3-5-11/h6-7,11-12H,1-5,8-10H2,(H,20,24). The fourth-order valence-electron chi connectivity index (χ4n) is 3.59. The number of nitrogens with zero attached hydrogens (tertiary/aromatic N) is 3. The number of amides is 1. The van der Waals surface area contributed by atoms with Crippen molar-refractivity contribution in [2.24, 2.45) is 5.92 Å². The zero-order chi connectivity index (χ0) is 17.2. The molecule has 1 saturated heterocycles. The summed E-state index contributed by atoms with van der Waals surface area (Å²) in [5, 5.41) is 9.85. The molecule has 1 amide bonds. The molecule has 1 aliphatic carbocycles. The van der Waals surface area contributed by atoms with E-state index in [1.54, 1.807) is 4.90 Å². The summed E-state index contributed by atoms with van der Waals surface area (Å²) in [5.74, 6) is 0.740. The maximum Gasteiger partial charge on any atom is 0.435 e. The molecule has 0 radical (unpaired) electrons. The summed E-state index contributed by atoms with van der Waals surface area (Å²) in [4.78, 5) is 14.1. The number of hydrogen-bond donors (Lipinski definition) is 1. The first-order valence-corrected chi connectivity index (χ1v) is 8.40. The van der Waals surface area contributed by atoms with Crippen LogP contribution in [-0.2, 0) is 11.0 Å². The third kappa shape index (κ3) is 3.79. The molecule has 1 aliphatic heterocycles. The number of hydrogen-bond acceptors (Lipinski definition) is 4. The van der Waals surface area contributed by atoms with Crippen LogP contribution in [0.3, 0.4) is 0 Å². The van der Waals surface area contributed by atoms with Crippen LogP contribution >= 0.6 is 0 Å². The number of alkyl halides is 3. The summed E-state index contributed by atoms with van der Waals surface area (Å²) >= 11 is 0. The van der Waals surface area contributed by atoms with Crippen molar-refractivity contribution in [1.82, 2.24) is 15.5 Å². The zero-order valence-corrected chi connectivity index (χ0v) is 13.4. The van der Waals surface area contributed by atoms with Crippen molar-refractivity contribution in [3.05, 3.63) is 17.8 Å². The van der Waals surface area contributed by atoms with E-state index in [4.69, 9.17) is 0 Å². The van der Waals surface area contributed by atoms with Crippen LogP contribution in [0.1, 0.15) is 44.2 Å². The van der Waals surface area contributed by atoms with Gasteiger partial charge in [-0.15, -0.1) is 10.2 Å². The topological polar surface area (TPSA) is 58.1 Å². The number of piperazine rings is 1. The summed E-state index contributed by atoms with van der Waals surface area (Å²) in [6, 6.07) is 1.85. The van der Waals surface area contributed by atoms with Gasteiger partial charge in [0, 0.05) is 13.1 Å². The van der Waals surface area contributed by atoms with Gasteiger partial charge in [-0.2, -0.15) is 13.2 Å². The number of carbonyl (C=O) groups excluding carboxylic acids is 1. The average Bonchev–Trinajstić information content (AvgIpc) is 2.57. The molecule has 2 heterocycles. The molecule has 1 aromatic rings. The molecule has 2 fully saturated rings. The Hall–Kier alpha value is -1.86. The van der Waals surface area contributed by atoms with Crippen molar-refractivity contribution < 1.29 is 18.0 Å². The highest BCUT2D eigenvalue weighted by atomic mass is 19.4. The number of aromatic nitrogens is 2. The summed E-state index contributed by atoms with van der Waals surface area (Å²) in [6.45, 7) is 0.992. The van der Waals surface area contributed by atoms with Crippen LogP contribution in [0.15, 0.2) is 12.1 Å². The Morgan fingerprint density at radius 3 is 2.54 bits per heavy atom. The molecule has 1 aromatic heterocycles. The van der Waals surface area contributed by atoms with E-state index in [1.807, 2.05) is 0 Å². The highest BCUT2D eigenvalue weighted by Crippen LogP contribution is 2.31. The minimum Gasteiger partial charge on any atom is -0.353 e. The van der Waals surface area contributed by atoms with Crippen molar-refractivity contribution in [1.29, 1.82) is 0 Å². The lowest BCUT2D eigenvalue weighted by Gasteiger charge is -2.38. The predicted molar refractivity (Wildman–Crippen MR) is 82.4 cm³/mol. The largest absolute Gasteiger partial charge is 0.435 e. The van der Waals surface area contributed by atoms with Gasteiger partial charge in [-0.25, -0.2) is 0 Å². The van der Waals surface area contributed by atoms with Crippen LogP contribution in [0, 0.1) is 5.92 Å². The van der Waals surface area contributed by atoms with Gasteiger partial charge < -0.3 is 10.2 Å². The second-order valence-corrected chi connectivity index (χ2v) is 6.51. The van der Waals surface area contributed by atoms with Crippen molar-refractivity contribution >= 4 is 11.7 Å². The molecule has 24 heavy (non-hydrogen) atoms. The molecule has 1 saturated carbocycles. The van der Waals surface area contributed by atoms with Crippen molar-refractivity contribution in [2.45, 2.75) is 50.7 Å². The van der Waals surface area contributed by atoms with E-state index >= 15 is 0 Å². The molecule has 132 valence electrons. The van der Waals surface area contributed by atoms with Crippen LogP contribution in [0.2, 0.25) is 0 Å². The Morgan fingerprint density at radius 1 is 1.17 bits per heavy atom. The van der Waals surface area contributed by atoms with Gasteiger partial charge in [-0.1, -0.05) is 32.1 Å². The van der Waals surface area contributed by atoms with Crippen LogP contribution < -0.4 is 10.2 Å². The van der Waals surface area contributed by atoms with Gasteiger partial charge in [-0.05, 0) is 24.5 Å². The SMILES string of the molecule is O=C1NCCN(c2ccc(C(F)(F)F)nn2)C1CC1CCCCC1. The molecular formula is C16H21F3N4O. The number of carbonyl (C=O) groups is 1. The highest BCUT2D eigenvalue weighted by Gasteiger charge is 2.35. The van der Waals surface area contributed by atoms with Crippen LogP contribution in [0.25, 0.3) is 0 Å².